The molecule has 1 aromatic heterocycles. The van der Waals surface area contributed by atoms with Crippen molar-refractivity contribution in [2.24, 2.45) is 0 Å². The molecule has 2 rings (SSSR count). The van der Waals surface area contributed by atoms with Crippen molar-refractivity contribution in [1.29, 1.82) is 5.26 Å². The van der Waals surface area contributed by atoms with E-state index in [0.717, 1.165) is 0 Å². The molecule has 1 aliphatic heterocycles. The Morgan fingerprint density at radius 1 is 1.37 bits per heavy atom. The van der Waals surface area contributed by atoms with E-state index in [-0.39, 0.29) is 11.4 Å². The number of nitrogens with zero attached hydrogens (tertiary/aromatic N) is 2. The van der Waals surface area contributed by atoms with Crippen molar-refractivity contribution in [2.45, 2.75) is 26.2 Å². The Labute approximate surface area is 108 Å². The van der Waals surface area contributed by atoms with Crippen LogP contribution in [0.2, 0.25) is 0 Å². The monoisotopic (exact) mass is 262 g/mol. The second kappa shape index (κ2) is 4.94. The van der Waals surface area contributed by atoms with Crippen molar-refractivity contribution in [3.63, 3.8) is 0 Å². The molecule has 0 aromatic carbocycles. The highest BCUT2D eigenvalue weighted by Crippen LogP contribution is 2.40. The van der Waals surface area contributed by atoms with Crippen LogP contribution in [-0.2, 0) is 19.1 Å². The Hall–Kier alpha value is -2.62. The molecule has 0 spiro atoms. The molecule has 7 heteroatoms. The fourth-order valence-corrected chi connectivity index (χ4v) is 1.76. The normalized spacial score (nSPS) is 19.8. The molecule has 2 heterocycles. The number of ether oxygens (including phenoxy) is 3. The van der Waals surface area contributed by atoms with Crippen LogP contribution in [0.25, 0.3) is 0 Å². The molecule has 0 N–H and O–H groups in total. The lowest BCUT2D eigenvalue weighted by atomic mass is 10.1. The molecule has 0 bridgehead atoms. The Morgan fingerprint density at radius 2 is 2.05 bits per heavy atom. The standard InChI is InChI=1S/C12H10N2O5/c1-6(15)17-11-8-3-4-14-9(5-13)10(8)19-12(11)18-7(2)16/h3-4,11-12H,1-2H3/t11-,12+/m0/s1. The highest BCUT2D eigenvalue weighted by atomic mass is 16.7. The fraction of sp³-hybridized carbons (Fsp3) is 0.333. The van der Waals surface area contributed by atoms with Gasteiger partial charge in [-0.15, -0.1) is 0 Å². The molecular formula is C12H10N2O5. The molecule has 0 radical (unpaired) electrons. The van der Waals surface area contributed by atoms with E-state index in [4.69, 9.17) is 19.5 Å². The molecule has 19 heavy (non-hydrogen) atoms. The van der Waals surface area contributed by atoms with Gasteiger partial charge in [0, 0.05) is 25.6 Å². The van der Waals surface area contributed by atoms with Gasteiger partial charge in [0.2, 0.25) is 6.10 Å². The van der Waals surface area contributed by atoms with Gasteiger partial charge in [0.25, 0.3) is 6.29 Å². The van der Waals surface area contributed by atoms with Crippen LogP contribution < -0.4 is 4.74 Å². The average molecular weight is 262 g/mol. The Bertz CT molecular complexity index is 578. The van der Waals surface area contributed by atoms with Crippen molar-refractivity contribution in [3.8, 4) is 11.8 Å². The van der Waals surface area contributed by atoms with E-state index >= 15 is 0 Å². The van der Waals surface area contributed by atoms with Crippen LogP contribution >= 0.6 is 0 Å². The van der Waals surface area contributed by atoms with E-state index in [1.165, 1.54) is 20.0 Å². The summed E-state index contributed by atoms with van der Waals surface area (Å²) in [7, 11) is 0. The van der Waals surface area contributed by atoms with Crippen LogP contribution in [-0.4, -0.2) is 23.2 Å². The van der Waals surface area contributed by atoms with E-state index in [1.807, 2.05) is 6.07 Å². The van der Waals surface area contributed by atoms with Crippen molar-refractivity contribution in [3.05, 3.63) is 23.5 Å². The maximum atomic E-state index is 11.1. The minimum absolute atomic E-state index is 0.0457. The zero-order chi connectivity index (χ0) is 14.0. The van der Waals surface area contributed by atoms with Crippen molar-refractivity contribution in [2.75, 3.05) is 0 Å². The van der Waals surface area contributed by atoms with Crippen molar-refractivity contribution >= 4 is 11.9 Å². The second-order valence-corrected chi connectivity index (χ2v) is 3.82. The maximum absolute atomic E-state index is 11.1. The number of pyridine rings is 1. The first kappa shape index (κ1) is 12.8. The third-order valence-electron chi connectivity index (χ3n) is 2.40. The lowest BCUT2D eigenvalue weighted by Gasteiger charge is -2.17. The number of hydrogen-bond donors (Lipinski definition) is 0. The third kappa shape index (κ3) is 2.47. The SMILES string of the molecule is CC(=O)O[C@@H]1Oc2c(ccnc2C#N)[C@@H]1OC(C)=O. The quantitative estimate of drug-likeness (QED) is 0.728. The van der Waals surface area contributed by atoms with Gasteiger partial charge in [0.05, 0.1) is 0 Å². The van der Waals surface area contributed by atoms with Gasteiger partial charge in [0.1, 0.15) is 6.07 Å². The predicted octanol–water partition coefficient (Wildman–Crippen LogP) is 0.839. The number of aromatic nitrogens is 1. The predicted molar refractivity (Wildman–Crippen MR) is 59.6 cm³/mol. The van der Waals surface area contributed by atoms with Crippen LogP contribution in [0.5, 0.6) is 5.75 Å². The number of esters is 2. The zero-order valence-corrected chi connectivity index (χ0v) is 10.2. The van der Waals surface area contributed by atoms with Gasteiger partial charge >= 0.3 is 11.9 Å². The number of fused-ring (bicyclic) bond motifs is 1. The molecule has 0 fully saturated rings. The van der Waals surface area contributed by atoms with Crippen molar-refractivity contribution in [1.82, 2.24) is 4.98 Å². The number of rotatable bonds is 2. The first-order chi connectivity index (χ1) is 9.02. The smallest absolute Gasteiger partial charge is 0.305 e. The van der Waals surface area contributed by atoms with Gasteiger partial charge in [-0.05, 0) is 6.07 Å². The van der Waals surface area contributed by atoms with Crippen molar-refractivity contribution < 1.29 is 23.8 Å². The minimum atomic E-state index is -1.10. The molecule has 0 saturated heterocycles. The summed E-state index contributed by atoms with van der Waals surface area (Å²) >= 11 is 0. The Balaban J connectivity index is 2.39. The largest absolute Gasteiger partial charge is 0.449 e. The highest BCUT2D eigenvalue weighted by Gasteiger charge is 2.41. The lowest BCUT2D eigenvalue weighted by Crippen LogP contribution is -2.27. The van der Waals surface area contributed by atoms with Gasteiger partial charge in [-0.3, -0.25) is 9.59 Å². The molecular weight excluding hydrogens is 252 g/mol. The van der Waals surface area contributed by atoms with E-state index in [2.05, 4.69) is 4.98 Å². The molecule has 1 aromatic rings. The zero-order valence-electron chi connectivity index (χ0n) is 10.2. The average Bonchev–Trinajstić information content (AvgIpc) is 2.66. The molecule has 0 aliphatic carbocycles. The molecule has 7 nitrogen and oxygen atoms in total. The number of hydrogen-bond acceptors (Lipinski definition) is 7. The van der Waals surface area contributed by atoms with E-state index in [0.29, 0.717) is 5.56 Å². The minimum Gasteiger partial charge on any atom is -0.449 e. The summed E-state index contributed by atoms with van der Waals surface area (Å²) in [6.45, 7) is 2.44. The molecule has 0 unspecified atom stereocenters. The summed E-state index contributed by atoms with van der Waals surface area (Å²) in [5.74, 6) is -0.960. The molecule has 1 aliphatic rings. The topological polar surface area (TPSA) is 98.5 Å². The molecule has 0 amide bonds. The lowest BCUT2D eigenvalue weighted by molar-refractivity contribution is -0.184. The van der Waals surface area contributed by atoms with Crippen LogP contribution in [0.4, 0.5) is 0 Å². The highest BCUT2D eigenvalue weighted by molar-refractivity contribution is 5.68. The van der Waals surface area contributed by atoms with E-state index in [9.17, 15) is 9.59 Å². The fourth-order valence-electron chi connectivity index (χ4n) is 1.76. The first-order valence-corrected chi connectivity index (χ1v) is 5.43. The van der Waals surface area contributed by atoms with Gasteiger partial charge in [-0.25, -0.2) is 4.98 Å². The second-order valence-electron chi connectivity index (χ2n) is 3.82. The molecule has 98 valence electrons. The summed E-state index contributed by atoms with van der Waals surface area (Å²) in [5.41, 5.74) is 0.498. The molecule has 0 saturated carbocycles. The summed E-state index contributed by atoms with van der Waals surface area (Å²) < 4.78 is 15.4. The van der Waals surface area contributed by atoms with Gasteiger partial charge in [0.15, 0.2) is 11.4 Å². The van der Waals surface area contributed by atoms with Gasteiger partial charge in [-0.1, -0.05) is 0 Å². The van der Waals surface area contributed by atoms with Crippen LogP contribution in [0.3, 0.4) is 0 Å². The summed E-state index contributed by atoms with van der Waals surface area (Å²) in [4.78, 5) is 25.9. The maximum Gasteiger partial charge on any atom is 0.305 e. The number of carbonyl (C=O) groups excluding carboxylic acids is 2. The summed E-state index contributed by atoms with van der Waals surface area (Å²) in [6, 6.07) is 3.41. The Kier molecular flexibility index (Phi) is 3.33. The van der Waals surface area contributed by atoms with Crippen LogP contribution in [0, 0.1) is 11.3 Å². The van der Waals surface area contributed by atoms with E-state index < -0.39 is 24.3 Å². The number of carbonyl (C=O) groups is 2. The van der Waals surface area contributed by atoms with E-state index in [1.54, 1.807) is 6.07 Å². The van der Waals surface area contributed by atoms with Crippen LogP contribution in [0.1, 0.15) is 31.2 Å². The van der Waals surface area contributed by atoms with Crippen LogP contribution in [0.15, 0.2) is 12.3 Å². The summed E-state index contributed by atoms with van der Waals surface area (Å²) in [5, 5.41) is 8.93. The van der Waals surface area contributed by atoms with Gasteiger partial charge < -0.3 is 14.2 Å². The Morgan fingerprint density at radius 3 is 2.63 bits per heavy atom. The molecule has 2 atom stereocenters. The van der Waals surface area contributed by atoms with Gasteiger partial charge in [-0.2, -0.15) is 5.26 Å². The third-order valence-corrected chi connectivity index (χ3v) is 2.40. The summed E-state index contributed by atoms with van der Waals surface area (Å²) in [6.07, 6.45) is -0.605. The first-order valence-electron chi connectivity index (χ1n) is 5.43. The number of nitriles is 1.